The Bertz CT molecular complexity index is 1200. The van der Waals surface area contributed by atoms with E-state index in [1.165, 1.54) is 19.1 Å². The second kappa shape index (κ2) is 9.27. The Kier molecular flexibility index (Phi) is 6.83. The summed E-state index contributed by atoms with van der Waals surface area (Å²) in [6.45, 7) is 2.82. The molecule has 0 unspecified atom stereocenters. The van der Waals surface area contributed by atoms with Crippen molar-refractivity contribution in [3.63, 3.8) is 0 Å². The summed E-state index contributed by atoms with van der Waals surface area (Å²) >= 11 is 6.35. The number of pyridine rings is 1. The van der Waals surface area contributed by atoms with Gasteiger partial charge in [-0.25, -0.2) is 4.79 Å². The molecule has 1 atom stereocenters. The van der Waals surface area contributed by atoms with Gasteiger partial charge in [-0.1, -0.05) is 48.9 Å². The Hall–Kier alpha value is -3.33. The van der Waals surface area contributed by atoms with Crippen molar-refractivity contribution in [1.82, 2.24) is 10.3 Å². The number of rotatable bonds is 7. The minimum atomic E-state index is -4.56. The third kappa shape index (κ3) is 5.19. The molecule has 0 saturated carbocycles. The molecule has 2 aromatic carbocycles. The number of nitrogens with one attached hydrogen (secondary N) is 1. The smallest absolute Gasteiger partial charge is 0.433 e. The number of carbonyl (C=O) groups is 2. The quantitative estimate of drug-likeness (QED) is 0.468. The maximum Gasteiger partial charge on any atom is 0.433 e. The van der Waals surface area contributed by atoms with Crippen LogP contribution in [0.4, 0.5) is 13.2 Å². The Morgan fingerprint density at radius 3 is 2.36 bits per heavy atom. The molecule has 1 amide bonds. The van der Waals surface area contributed by atoms with Crippen molar-refractivity contribution < 1.29 is 32.6 Å². The summed E-state index contributed by atoms with van der Waals surface area (Å²) < 4.78 is 44.1. The van der Waals surface area contributed by atoms with Crippen LogP contribution >= 0.6 is 11.6 Å². The maximum atomic E-state index is 13.1. The van der Waals surface area contributed by atoms with Crippen molar-refractivity contribution in [2.75, 3.05) is 0 Å². The summed E-state index contributed by atoms with van der Waals surface area (Å²) in [5, 5.41) is 13.3. The van der Waals surface area contributed by atoms with Gasteiger partial charge in [0.05, 0.1) is 5.56 Å². The van der Waals surface area contributed by atoms with Gasteiger partial charge in [0.2, 0.25) is 0 Å². The number of alkyl halides is 3. The number of benzene rings is 2. The summed E-state index contributed by atoms with van der Waals surface area (Å²) in [7, 11) is 0. The standard InChI is InChI=1S/C23H20ClF3N2O4/c1-3-22(2,21(31)32)29-20(30)16-10-17(24)14-6-4-5-7-15(14)19(16)33-12-13-8-9-18(28-11-13)23(25,26)27/h4-11H,3,12H2,1-2H3,(H,29,30)(H,31,32)/t22-/m0/s1. The van der Waals surface area contributed by atoms with Crippen LogP contribution in [0.15, 0.2) is 48.7 Å². The van der Waals surface area contributed by atoms with E-state index in [1.807, 2.05) is 0 Å². The van der Waals surface area contributed by atoms with Gasteiger partial charge in [-0.15, -0.1) is 0 Å². The number of fused-ring (bicyclic) bond motifs is 1. The summed E-state index contributed by atoms with van der Waals surface area (Å²) in [5.41, 5.74) is -2.21. The van der Waals surface area contributed by atoms with Crippen LogP contribution in [0.3, 0.4) is 0 Å². The molecule has 1 aromatic heterocycles. The van der Waals surface area contributed by atoms with Crippen molar-refractivity contribution in [2.45, 2.75) is 38.6 Å². The number of ether oxygens (including phenoxy) is 1. The van der Waals surface area contributed by atoms with Gasteiger partial charge in [-0.05, 0) is 25.5 Å². The number of hydrogen-bond donors (Lipinski definition) is 2. The van der Waals surface area contributed by atoms with E-state index < -0.39 is 29.3 Å². The SMILES string of the molecule is CC[C@](C)(NC(=O)c1cc(Cl)c2ccccc2c1OCc1ccc(C(F)(F)F)nc1)C(=O)O. The zero-order valence-electron chi connectivity index (χ0n) is 17.7. The van der Waals surface area contributed by atoms with Gasteiger partial charge in [0.25, 0.3) is 5.91 Å². The fourth-order valence-electron chi connectivity index (χ4n) is 3.07. The van der Waals surface area contributed by atoms with Crippen LogP contribution in [0.2, 0.25) is 5.02 Å². The second-order valence-electron chi connectivity index (χ2n) is 7.56. The lowest BCUT2D eigenvalue weighted by Gasteiger charge is -2.25. The molecule has 0 aliphatic carbocycles. The first-order valence-corrected chi connectivity index (χ1v) is 10.3. The Balaban J connectivity index is 1.99. The zero-order valence-corrected chi connectivity index (χ0v) is 18.4. The first-order valence-electron chi connectivity index (χ1n) is 9.88. The van der Waals surface area contributed by atoms with Gasteiger partial charge in [0.15, 0.2) is 0 Å². The molecule has 2 N–H and O–H groups in total. The highest BCUT2D eigenvalue weighted by Gasteiger charge is 2.34. The molecule has 0 radical (unpaired) electrons. The maximum absolute atomic E-state index is 13.1. The van der Waals surface area contributed by atoms with Crippen molar-refractivity contribution in [3.8, 4) is 5.75 Å². The fraction of sp³-hybridized carbons (Fsp3) is 0.261. The molecule has 1 heterocycles. The van der Waals surface area contributed by atoms with Crippen molar-refractivity contribution in [1.29, 1.82) is 0 Å². The zero-order chi connectivity index (χ0) is 24.4. The fourth-order valence-corrected chi connectivity index (χ4v) is 3.35. The Morgan fingerprint density at radius 1 is 1.15 bits per heavy atom. The van der Waals surface area contributed by atoms with E-state index in [4.69, 9.17) is 16.3 Å². The van der Waals surface area contributed by atoms with Gasteiger partial charge >= 0.3 is 12.1 Å². The number of halogens is 4. The van der Waals surface area contributed by atoms with Crippen LogP contribution in [0.5, 0.6) is 5.75 Å². The third-order valence-electron chi connectivity index (χ3n) is 5.26. The summed E-state index contributed by atoms with van der Waals surface area (Å²) in [6, 6.07) is 10.3. The van der Waals surface area contributed by atoms with Crippen LogP contribution in [0.25, 0.3) is 10.8 Å². The largest absolute Gasteiger partial charge is 0.487 e. The van der Waals surface area contributed by atoms with Crippen molar-refractivity contribution in [3.05, 3.63) is 70.5 Å². The Morgan fingerprint density at radius 2 is 1.82 bits per heavy atom. The van der Waals surface area contributed by atoms with Gasteiger partial charge in [0.1, 0.15) is 23.6 Å². The van der Waals surface area contributed by atoms with E-state index >= 15 is 0 Å². The summed E-state index contributed by atoms with van der Waals surface area (Å²) in [4.78, 5) is 28.1. The lowest BCUT2D eigenvalue weighted by Crippen LogP contribution is -2.51. The molecule has 0 spiro atoms. The molecule has 3 aromatic rings. The highest BCUT2D eigenvalue weighted by atomic mass is 35.5. The molecule has 0 aliphatic heterocycles. The van der Waals surface area contributed by atoms with Crippen LogP contribution in [-0.4, -0.2) is 27.5 Å². The molecule has 33 heavy (non-hydrogen) atoms. The first kappa shape index (κ1) is 24.3. The van der Waals surface area contributed by atoms with Gasteiger partial charge in [-0.3, -0.25) is 9.78 Å². The number of hydrogen-bond acceptors (Lipinski definition) is 4. The van der Waals surface area contributed by atoms with E-state index in [0.29, 0.717) is 16.3 Å². The van der Waals surface area contributed by atoms with E-state index in [1.54, 1.807) is 31.2 Å². The number of carboxylic acids is 1. The molecule has 6 nitrogen and oxygen atoms in total. The minimum Gasteiger partial charge on any atom is -0.487 e. The van der Waals surface area contributed by atoms with Crippen molar-refractivity contribution >= 4 is 34.2 Å². The molecule has 0 fully saturated rings. The second-order valence-corrected chi connectivity index (χ2v) is 7.97. The number of carbonyl (C=O) groups excluding carboxylic acids is 1. The predicted octanol–water partition coefficient (Wildman–Crippen LogP) is 5.47. The van der Waals surface area contributed by atoms with E-state index in [2.05, 4.69) is 10.3 Å². The van der Waals surface area contributed by atoms with Gasteiger partial charge in [0, 0.05) is 27.6 Å². The predicted molar refractivity (Wildman–Crippen MR) is 116 cm³/mol. The van der Waals surface area contributed by atoms with E-state index in [0.717, 1.165) is 12.3 Å². The molecule has 10 heteroatoms. The average molecular weight is 481 g/mol. The highest BCUT2D eigenvalue weighted by Crippen LogP contribution is 2.36. The summed E-state index contributed by atoms with van der Waals surface area (Å²) in [6.07, 6.45) is -3.39. The van der Waals surface area contributed by atoms with Gasteiger partial charge in [-0.2, -0.15) is 13.2 Å². The van der Waals surface area contributed by atoms with Crippen LogP contribution in [0, 0.1) is 0 Å². The van der Waals surface area contributed by atoms with E-state index in [-0.39, 0.29) is 29.4 Å². The lowest BCUT2D eigenvalue weighted by atomic mass is 9.97. The van der Waals surface area contributed by atoms with Crippen LogP contribution in [0.1, 0.15) is 41.9 Å². The molecule has 0 bridgehead atoms. The first-order chi connectivity index (χ1) is 15.5. The van der Waals surface area contributed by atoms with Crippen LogP contribution in [-0.2, 0) is 17.6 Å². The lowest BCUT2D eigenvalue weighted by molar-refractivity contribution is -0.144. The molecule has 174 valence electrons. The van der Waals surface area contributed by atoms with Crippen molar-refractivity contribution in [2.24, 2.45) is 0 Å². The number of nitrogens with zero attached hydrogens (tertiary/aromatic N) is 1. The number of amides is 1. The van der Waals surface area contributed by atoms with Crippen LogP contribution < -0.4 is 10.1 Å². The highest BCUT2D eigenvalue weighted by molar-refractivity contribution is 6.36. The third-order valence-corrected chi connectivity index (χ3v) is 5.57. The molecule has 3 rings (SSSR count). The minimum absolute atomic E-state index is 0.000467. The molecular formula is C23H20ClF3N2O4. The average Bonchev–Trinajstić information content (AvgIpc) is 2.77. The topological polar surface area (TPSA) is 88.5 Å². The molecule has 0 aliphatic rings. The Labute approximate surface area is 192 Å². The van der Waals surface area contributed by atoms with E-state index in [9.17, 15) is 27.9 Å². The number of aliphatic carboxylic acids is 1. The van der Waals surface area contributed by atoms with Gasteiger partial charge < -0.3 is 15.2 Å². The normalized spacial score (nSPS) is 13.4. The monoisotopic (exact) mass is 480 g/mol. The number of carboxylic acid groups (broad SMARTS) is 1. The molecule has 0 saturated heterocycles. The molecular weight excluding hydrogens is 461 g/mol. The number of aromatic nitrogens is 1. The summed E-state index contributed by atoms with van der Waals surface area (Å²) in [5.74, 6) is -1.80.